The maximum Gasteiger partial charge on any atom is 0.407 e. The van der Waals surface area contributed by atoms with E-state index in [0.717, 1.165) is 12.8 Å². The van der Waals surface area contributed by atoms with Crippen LogP contribution in [0, 0.1) is 0 Å². The lowest BCUT2D eigenvalue weighted by molar-refractivity contribution is -0.253. The molecule has 2 amide bonds. The van der Waals surface area contributed by atoms with Crippen molar-refractivity contribution in [2.75, 3.05) is 41.1 Å². The molecule has 270 valence electrons. The van der Waals surface area contributed by atoms with Crippen molar-refractivity contribution >= 4 is 12.2 Å². The molecule has 11 nitrogen and oxygen atoms in total. The van der Waals surface area contributed by atoms with Crippen molar-refractivity contribution in [1.29, 1.82) is 0 Å². The van der Waals surface area contributed by atoms with Gasteiger partial charge < -0.3 is 39.1 Å². The molecule has 0 saturated carbocycles. The molecule has 1 aromatic heterocycles. The number of aromatic nitrogens is 1. The zero-order valence-electron chi connectivity index (χ0n) is 29.6. The van der Waals surface area contributed by atoms with Gasteiger partial charge in [-0.3, -0.25) is 4.98 Å². The van der Waals surface area contributed by atoms with Crippen LogP contribution < -0.4 is 10.6 Å². The number of pyridine rings is 1. The van der Waals surface area contributed by atoms with Gasteiger partial charge in [0.1, 0.15) is 43.7 Å². The number of methoxy groups -OCH3 is 3. The van der Waals surface area contributed by atoms with Gasteiger partial charge in [-0.15, -0.1) is 0 Å². The summed E-state index contributed by atoms with van der Waals surface area (Å²) in [5, 5.41) is 5.50. The third kappa shape index (κ3) is 17.5. The molecule has 47 heavy (non-hydrogen) atoms. The van der Waals surface area contributed by atoms with Crippen molar-refractivity contribution in [3.8, 4) is 0 Å². The van der Waals surface area contributed by atoms with Gasteiger partial charge in [0.25, 0.3) is 0 Å². The molecule has 11 heteroatoms. The van der Waals surface area contributed by atoms with Gasteiger partial charge in [0, 0.05) is 34.1 Å². The maximum absolute atomic E-state index is 12.4. The summed E-state index contributed by atoms with van der Waals surface area (Å²) >= 11 is 0. The predicted octanol–water partition coefficient (Wildman–Crippen LogP) is 7.11. The topological polar surface area (TPSA) is 126 Å². The minimum Gasteiger partial charge on any atom is -0.447 e. The Kier molecular flexibility index (Phi) is 22.9. The second kappa shape index (κ2) is 26.5. The van der Waals surface area contributed by atoms with Crippen LogP contribution in [0.2, 0.25) is 0 Å². The number of carbonyl (C=O) groups is 2. The summed E-state index contributed by atoms with van der Waals surface area (Å²) in [7, 11) is 4.62. The number of hydrogen-bond acceptors (Lipinski definition) is 9. The first-order valence-corrected chi connectivity index (χ1v) is 18.0. The summed E-state index contributed by atoms with van der Waals surface area (Å²) < 4.78 is 34.1. The zero-order valence-corrected chi connectivity index (χ0v) is 29.6. The van der Waals surface area contributed by atoms with E-state index in [2.05, 4.69) is 22.5 Å². The van der Waals surface area contributed by atoms with Crippen LogP contribution >= 0.6 is 0 Å². The summed E-state index contributed by atoms with van der Waals surface area (Å²) in [6.45, 7) is 2.92. The second-order valence-corrected chi connectivity index (χ2v) is 12.4. The van der Waals surface area contributed by atoms with Crippen LogP contribution in [0.1, 0.15) is 115 Å². The second-order valence-electron chi connectivity index (χ2n) is 12.4. The molecule has 1 saturated heterocycles. The van der Waals surface area contributed by atoms with Gasteiger partial charge in [-0.2, -0.15) is 0 Å². The Bertz CT molecular complexity index is 925. The number of unbranched alkanes of at least 4 members (excludes halogenated alkanes) is 15. The van der Waals surface area contributed by atoms with E-state index in [1.165, 1.54) is 97.0 Å². The normalized spacial score (nSPS) is 20.9. The number of carbonyl (C=O) groups excluding carboxylic acids is 2. The Morgan fingerprint density at radius 3 is 1.57 bits per heavy atom. The summed E-state index contributed by atoms with van der Waals surface area (Å²) in [5.41, 5.74) is 0.709. The highest BCUT2D eigenvalue weighted by Crippen LogP contribution is 2.28. The van der Waals surface area contributed by atoms with E-state index in [1.807, 2.05) is 6.07 Å². The molecule has 2 heterocycles. The Hall–Kier alpha value is -2.47. The van der Waals surface area contributed by atoms with Crippen LogP contribution in [-0.4, -0.2) is 88.8 Å². The van der Waals surface area contributed by atoms with Crippen molar-refractivity contribution in [2.45, 2.75) is 147 Å². The van der Waals surface area contributed by atoms with Crippen molar-refractivity contribution in [1.82, 2.24) is 15.6 Å². The molecule has 0 aromatic carbocycles. The number of amides is 2. The van der Waals surface area contributed by atoms with Gasteiger partial charge >= 0.3 is 12.2 Å². The highest BCUT2D eigenvalue weighted by molar-refractivity contribution is 5.67. The lowest BCUT2D eigenvalue weighted by Gasteiger charge is -2.44. The molecule has 1 aliphatic heterocycles. The molecule has 5 atom stereocenters. The standard InChI is InChI=1S/C36H63N3O8/c1-5-6-7-8-9-10-11-12-13-14-15-16-17-18-19-21-25-38-35(40)45-27-30-32(42-2)34(44-4)33(43-3)31(47-30)28-46-36(41)39-26-29-23-20-22-24-37-29/h20,22-24,30-34H,5-19,21,25-28H2,1-4H3,(H,38,40)(H,39,41)/t30-,31+,32-,33+,34+/m0/s1. The third-order valence-corrected chi connectivity index (χ3v) is 8.74. The largest absolute Gasteiger partial charge is 0.447 e. The number of nitrogens with one attached hydrogen (secondary N) is 2. The summed E-state index contributed by atoms with van der Waals surface area (Å²) in [5.74, 6) is 0. The van der Waals surface area contributed by atoms with Crippen molar-refractivity contribution in [2.24, 2.45) is 0 Å². The monoisotopic (exact) mass is 665 g/mol. The number of hydrogen-bond donors (Lipinski definition) is 2. The molecule has 0 spiro atoms. The Labute approximate surface area is 283 Å². The van der Waals surface area contributed by atoms with Crippen LogP contribution in [0.5, 0.6) is 0 Å². The Morgan fingerprint density at radius 2 is 1.13 bits per heavy atom. The van der Waals surface area contributed by atoms with Crippen LogP contribution in [0.3, 0.4) is 0 Å². The number of nitrogens with zero attached hydrogens (tertiary/aromatic N) is 1. The van der Waals surface area contributed by atoms with E-state index in [9.17, 15) is 9.59 Å². The minimum atomic E-state index is -0.668. The van der Waals surface area contributed by atoms with Crippen LogP contribution in [0.4, 0.5) is 9.59 Å². The predicted molar refractivity (Wildman–Crippen MR) is 182 cm³/mol. The van der Waals surface area contributed by atoms with E-state index in [1.54, 1.807) is 32.5 Å². The SMILES string of the molecule is CCCCCCCCCCCCCCCCCCNC(=O)OC[C@@H]1O[C@H](COC(=O)NCc2ccccn2)[C@@H](OC)[C@H](OC)[C@H]1OC. The summed E-state index contributed by atoms with van der Waals surface area (Å²) in [6.07, 6.45) is 18.4. The van der Waals surface area contributed by atoms with E-state index >= 15 is 0 Å². The molecule has 1 aromatic rings. The fraction of sp³-hybridized carbons (Fsp3) is 0.806. The number of ether oxygens (including phenoxy) is 6. The van der Waals surface area contributed by atoms with E-state index in [0.29, 0.717) is 12.2 Å². The van der Waals surface area contributed by atoms with Crippen molar-refractivity contribution < 1.29 is 38.0 Å². The molecule has 0 bridgehead atoms. The quantitative estimate of drug-likeness (QED) is 0.0996. The minimum absolute atomic E-state index is 0.0536. The zero-order chi connectivity index (χ0) is 34.0. The van der Waals surface area contributed by atoms with Crippen LogP contribution in [0.15, 0.2) is 24.4 Å². The fourth-order valence-corrected chi connectivity index (χ4v) is 6.04. The van der Waals surface area contributed by atoms with Crippen molar-refractivity contribution in [3.05, 3.63) is 30.1 Å². The highest BCUT2D eigenvalue weighted by atomic mass is 16.6. The highest BCUT2D eigenvalue weighted by Gasteiger charge is 2.47. The molecule has 0 unspecified atom stereocenters. The molecule has 0 radical (unpaired) electrons. The van der Waals surface area contributed by atoms with Gasteiger partial charge in [-0.1, -0.05) is 109 Å². The van der Waals surface area contributed by atoms with Gasteiger partial charge in [0.2, 0.25) is 0 Å². The van der Waals surface area contributed by atoms with Crippen LogP contribution in [-0.2, 0) is 35.0 Å². The third-order valence-electron chi connectivity index (χ3n) is 8.74. The molecule has 0 aliphatic carbocycles. The average molecular weight is 666 g/mol. The molecule has 1 aliphatic rings. The lowest BCUT2D eigenvalue weighted by Crippen LogP contribution is -2.62. The lowest BCUT2D eigenvalue weighted by atomic mass is 9.94. The molecular formula is C36H63N3O8. The first-order chi connectivity index (χ1) is 23.0. The van der Waals surface area contributed by atoms with E-state index in [-0.39, 0.29) is 19.8 Å². The Balaban J connectivity index is 1.58. The number of alkyl carbamates (subject to hydrolysis) is 2. The van der Waals surface area contributed by atoms with Crippen LogP contribution in [0.25, 0.3) is 0 Å². The summed E-state index contributed by atoms with van der Waals surface area (Å²) in [4.78, 5) is 28.9. The maximum atomic E-state index is 12.4. The smallest absolute Gasteiger partial charge is 0.407 e. The average Bonchev–Trinajstić information content (AvgIpc) is 3.09. The number of rotatable bonds is 26. The van der Waals surface area contributed by atoms with Gasteiger partial charge in [-0.25, -0.2) is 9.59 Å². The van der Waals surface area contributed by atoms with Gasteiger partial charge in [0.05, 0.1) is 12.2 Å². The van der Waals surface area contributed by atoms with Crippen molar-refractivity contribution in [3.63, 3.8) is 0 Å². The molecule has 2 N–H and O–H groups in total. The molecule has 2 rings (SSSR count). The first kappa shape index (κ1) is 40.7. The van der Waals surface area contributed by atoms with E-state index in [4.69, 9.17) is 28.4 Å². The van der Waals surface area contributed by atoms with E-state index < -0.39 is 42.7 Å². The first-order valence-electron chi connectivity index (χ1n) is 18.0. The van der Waals surface area contributed by atoms with Gasteiger partial charge in [0.15, 0.2) is 0 Å². The Morgan fingerprint density at radius 1 is 0.660 bits per heavy atom. The van der Waals surface area contributed by atoms with Gasteiger partial charge in [-0.05, 0) is 18.6 Å². The fourth-order valence-electron chi connectivity index (χ4n) is 6.04. The molecular weight excluding hydrogens is 602 g/mol. The molecule has 1 fully saturated rings. The summed E-state index contributed by atoms with van der Waals surface area (Å²) in [6, 6.07) is 5.45.